The monoisotopic (exact) mass is 257 g/mol. The van der Waals surface area contributed by atoms with Crippen LogP contribution in [0.1, 0.15) is 39.5 Å². The summed E-state index contributed by atoms with van der Waals surface area (Å²) in [5.74, 6) is 0. The van der Waals surface area contributed by atoms with Crippen molar-refractivity contribution in [1.82, 2.24) is 4.90 Å². The van der Waals surface area contributed by atoms with Gasteiger partial charge in [-0.1, -0.05) is 13.8 Å². The lowest BCUT2D eigenvalue weighted by molar-refractivity contribution is -0.118. The number of rotatable bonds is 8. The van der Waals surface area contributed by atoms with Crippen molar-refractivity contribution in [2.75, 3.05) is 32.8 Å². The molecular formula is C14H27NO3. The first-order chi connectivity index (χ1) is 8.69. The Balaban J connectivity index is 2.36. The normalized spacial score (nSPS) is 19.1. The van der Waals surface area contributed by atoms with Crippen molar-refractivity contribution in [2.24, 2.45) is 5.41 Å². The fourth-order valence-electron chi connectivity index (χ4n) is 2.58. The minimum atomic E-state index is -0.168. The molecule has 18 heavy (non-hydrogen) atoms. The summed E-state index contributed by atoms with van der Waals surface area (Å²) in [6.07, 6.45) is 5.25. The zero-order chi connectivity index (χ0) is 13.4. The number of hydrogen-bond acceptors (Lipinski definition) is 4. The Bertz CT molecular complexity index is 233. The second-order valence-electron chi connectivity index (χ2n) is 5.26. The van der Waals surface area contributed by atoms with Crippen LogP contribution in [0.2, 0.25) is 0 Å². The minimum absolute atomic E-state index is 0.0974. The van der Waals surface area contributed by atoms with E-state index in [1.165, 1.54) is 0 Å². The first kappa shape index (κ1) is 15.6. The molecule has 0 saturated carbocycles. The van der Waals surface area contributed by atoms with Crippen LogP contribution in [0.4, 0.5) is 0 Å². The number of aliphatic hydroxyl groups is 1. The van der Waals surface area contributed by atoms with Gasteiger partial charge < -0.3 is 19.5 Å². The van der Waals surface area contributed by atoms with Gasteiger partial charge in [0.05, 0.1) is 19.3 Å². The van der Waals surface area contributed by atoms with Gasteiger partial charge in [0, 0.05) is 25.0 Å². The maximum Gasteiger partial charge on any atom is 0.127 e. The third-order valence-corrected chi connectivity index (χ3v) is 4.18. The number of hydrogen-bond donors (Lipinski definition) is 1. The first-order valence-electron chi connectivity index (χ1n) is 7.11. The van der Waals surface area contributed by atoms with Crippen LogP contribution in [0.25, 0.3) is 0 Å². The highest BCUT2D eigenvalue weighted by Crippen LogP contribution is 2.26. The lowest BCUT2D eigenvalue weighted by Gasteiger charge is -2.37. The van der Waals surface area contributed by atoms with Crippen LogP contribution in [0.3, 0.4) is 0 Å². The Labute approximate surface area is 110 Å². The van der Waals surface area contributed by atoms with E-state index >= 15 is 0 Å². The Morgan fingerprint density at radius 3 is 2.39 bits per heavy atom. The number of piperidine rings is 1. The van der Waals surface area contributed by atoms with Crippen molar-refractivity contribution in [1.29, 1.82) is 0 Å². The zero-order valence-electron chi connectivity index (χ0n) is 11.7. The van der Waals surface area contributed by atoms with Gasteiger partial charge in [-0.15, -0.1) is 0 Å². The van der Waals surface area contributed by atoms with E-state index in [1.54, 1.807) is 0 Å². The largest absolute Gasteiger partial charge is 0.394 e. The molecule has 0 amide bonds. The molecule has 0 aromatic heterocycles. The van der Waals surface area contributed by atoms with Gasteiger partial charge in [-0.25, -0.2) is 0 Å². The minimum Gasteiger partial charge on any atom is -0.394 e. The average Bonchev–Trinajstić information content (AvgIpc) is 2.44. The molecule has 0 aromatic rings. The SMILES string of the molecule is CCC(C=O)(CC)CN1CCC(OCCO)CC1. The van der Waals surface area contributed by atoms with Gasteiger partial charge in [-0.2, -0.15) is 0 Å². The van der Waals surface area contributed by atoms with Crippen LogP contribution >= 0.6 is 0 Å². The number of ether oxygens (including phenoxy) is 1. The lowest BCUT2D eigenvalue weighted by Crippen LogP contribution is -2.44. The Hall–Kier alpha value is -0.450. The zero-order valence-corrected chi connectivity index (χ0v) is 11.7. The van der Waals surface area contributed by atoms with Crippen LogP contribution in [-0.2, 0) is 9.53 Å². The molecule has 0 aliphatic carbocycles. The number of aliphatic hydroxyl groups excluding tert-OH is 1. The van der Waals surface area contributed by atoms with Gasteiger partial charge >= 0.3 is 0 Å². The number of likely N-dealkylation sites (tertiary alicyclic amines) is 1. The highest BCUT2D eigenvalue weighted by molar-refractivity contribution is 5.59. The molecule has 1 saturated heterocycles. The molecule has 1 fully saturated rings. The highest BCUT2D eigenvalue weighted by Gasteiger charge is 2.30. The summed E-state index contributed by atoms with van der Waals surface area (Å²) in [6, 6.07) is 0. The summed E-state index contributed by atoms with van der Waals surface area (Å²) < 4.78 is 5.54. The Morgan fingerprint density at radius 2 is 1.94 bits per heavy atom. The topological polar surface area (TPSA) is 49.8 Å². The summed E-state index contributed by atoms with van der Waals surface area (Å²) in [7, 11) is 0. The van der Waals surface area contributed by atoms with Crippen LogP contribution in [-0.4, -0.2) is 55.2 Å². The highest BCUT2D eigenvalue weighted by atomic mass is 16.5. The first-order valence-corrected chi connectivity index (χ1v) is 7.11. The van der Waals surface area contributed by atoms with E-state index in [-0.39, 0.29) is 18.1 Å². The number of nitrogens with zero attached hydrogens (tertiary/aromatic N) is 1. The van der Waals surface area contributed by atoms with Gasteiger partial charge in [0.2, 0.25) is 0 Å². The number of aldehydes is 1. The quantitative estimate of drug-likeness (QED) is 0.669. The summed E-state index contributed by atoms with van der Waals surface area (Å²) in [5.41, 5.74) is -0.168. The predicted molar refractivity (Wildman–Crippen MR) is 71.6 cm³/mol. The van der Waals surface area contributed by atoms with Gasteiger partial charge in [0.1, 0.15) is 6.29 Å². The molecule has 0 bridgehead atoms. The van der Waals surface area contributed by atoms with Crippen LogP contribution in [0.15, 0.2) is 0 Å². The standard InChI is InChI=1S/C14H27NO3/c1-3-14(4-2,12-17)11-15-7-5-13(6-8-15)18-10-9-16/h12-13,16H,3-11H2,1-2H3. The van der Waals surface area contributed by atoms with Crippen LogP contribution in [0.5, 0.6) is 0 Å². The van der Waals surface area contributed by atoms with E-state index in [9.17, 15) is 4.79 Å². The molecule has 0 aromatic carbocycles. The summed E-state index contributed by atoms with van der Waals surface area (Å²) >= 11 is 0. The van der Waals surface area contributed by atoms with E-state index in [1.807, 2.05) is 0 Å². The summed E-state index contributed by atoms with van der Waals surface area (Å²) in [6.45, 7) is 7.57. The molecule has 106 valence electrons. The number of carbonyl (C=O) groups excluding carboxylic acids is 1. The van der Waals surface area contributed by atoms with E-state index < -0.39 is 0 Å². The third kappa shape index (κ3) is 4.34. The molecule has 1 aliphatic heterocycles. The molecule has 0 spiro atoms. The smallest absolute Gasteiger partial charge is 0.127 e. The van der Waals surface area contributed by atoms with Gasteiger partial charge in [-0.3, -0.25) is 0 Å². The molecule has 4 heteroatoms. The van der Waals surface area contributed by atoms with Crippen molar-refractivity contribution in [3.63, 3.8) is 0 Å². The third-order valence-electron chi connectivity index (χ3n) is 4.18. The maximum atomic E-state index is 11.3. The Morgan fingerprint density at radius 1 is 1.33 bits per heavy atom. The molecule has 0 atom stereocenters. The predicted octanol–water partition coefficient (Wildman–Crippen LogP) is 1.46. The lowest BCUT2D eigenvalue weighted by atomic mass is 9.83. The molecule has 0 radical (unpaired) electrons. The molecule has 1 rings (SSSR count). The van der Waals surface area contributed by atoms with Crippen LogP contribution < -0.4 is 0 Å². The average molecular weight is 257 g/mol. The molecule has 4 nitrogen and oxygen atoms in total. The van der Waals surface area contributed by atoms with Crippen molar-refractivity contribution < 1.29 is 14.6 Å². The molecule has 1 N–H and O–H groups in total. The summed E-state index contributed by atoms with van der Waals surface area (Å²) in [5, 5.41) is 8.72. The second-order valence-corrected chi connectivity index (χ2v) is 5.26. The van der Waals surface area contributed by atoms with E-state index in [4.69, 9.17) is 9.84 Å². The second kappa shape index (κ2) is 7.87. The van der Waals surface area contributed by atoms with Gasteiger partial charge in [0.25, 0.3) is 0 Å². The van der Waals surface area contributed by atoms with Crippen molar-refractivity contribution in [3.8, 4) is 0 Å². The maximum absolute atomic E-state index is 11.3. The molecular weight excluding hydrogens is 230 g/mol. The number of carbonyl (C=O) groups is 1. The Kier molecular flexibility index (Phi) is 6.82. The van der Waals surface area contributed by atoms with Crippen LogP contribution in [0, 0.1) is 5.41 Å². The molecule has 1 heterocycles. The van der Waals surface area contributed by atoms with Gasteiger partial charge in [-0.05, 0) is 25.7 Å². The van der Waals surface area contributed by atoms with E-state index in [0.717, 1.165) is 51.6 Å². The van der Waals surface area contributed by atoms with Crippen molar-refractivity contribution in [3.05, 3.63) is 0 Å². The fourth-order valence-corrected chi connectivity index (χ4v) is 2.58. The van der Waals surface area contributed by atoms with Crippen molar-refractivity contribution >= 4 is 6.29 Å². The van der Waals surface area contributed by atoms with Gasteiger partial charge in [0.15, 0.2) is 0 Å². The fraction of sp³-hybridized carbons (Fsp3) is 0.929. The molecule has 1 aliphatic rings. The summed E-state index contributed by atoms with van der Waals surface area (Å²) in [4.78, 5) is 13.7. The molecule has 0 unspecified atom stereocenters. The van der Waals surface area contributed by atoms with Crippen molar-refractivity contribution in [2.45, 2.75) is 45.6 Å². The van der Waals surface area contributed by atoms with E-state index in [2.05, 4.69) is 18.7 Å². The van der Waals surface area contributed by atoms with E-state index in [0.29, 0.717) is 6.61 Å².